The fourth-order valence-electron chi connectivity index (χ4n) is 3.52. The van der Waals surface area contributed by atoms with Crippen LogP contribution in [0.1, 0.15) is 31.8 Å². The van der Waals surface area contributed by atoms with Crippen LogP contribution in [0.5, 0.6) is 5.75 Å². The topological polar surface area (TPSA) is 67.3 Å². The number of rotatable bonds is 0. The molecule has 0 unspecified atom stereocenters. The third-order valence-electron chi connectivity index (χ3n) is 4.73. The van der Waals surface area contributed by atoms with Gasteiger partial charge in [0.15, 0.2) is 11.6 Å². The third kappa shape index (κ3) is 1.93. The van der Waals surface area contributed by atoms with Gasteiger partial charge in [0.2, 0.25) is 0 Å². The molecular formula is C21H10ClNO3. The summed E-state index contributed by atoms with van der Waals surface area (Å²) in [7, 11) is 0. The SMILES string of the molecule is O=C1c2ccccc2C(=O)c2c1cc(O)c1cc3cc(Cl)ccc3nc21. The van der Waals surface area contributed by atoms with Gasteiger partial charge in [0.1, 0.15) is 5.75 Å². The minimum Gasteiger partial charge on any atom is -0.507 e. The summed E-state index contributed by atoms with van der Waals surface area (Å²) in [5, 5.41) is 12.2. The third-order valence-corrected chi connectivity index (χ3v) is 4.96. The summed E-state index contributed by atoms with van der Waals surface area (Å²) >= 11 is 6.03. The van der Waals surface area contributed by atoms with E-state index >= 15 is 0 Å². The molecule has 0 radical (unpaired) electrons. The van der Waals surface area contributed by atoms with Crippen molar-refractivity contribution in [1.29, 1.82) is 0 Å². The van der Waals surface area contributed by atoms with E-state index in [2.05, 4.69) is 4.98 Å². The maximum atomic E-state index is 13.1. The van der Waals surface area contributed by atoms with Crippen molar-refractivity contribution >= 4 is 45.0 Å². The zero-order valence-electron chi connectivity index (χ0n) is 13.3. The van der Waals surface area contributed by atoms with E-state index in [1.165, 1.54) is 6.07 Å². The van der Waals surface area contributed by atoms with Crippen LogP contribution in [0, 0.1) is 0 Å². The summed E-state index contributed by atoms with van der Waals surface area (Å²) in [5.74, 6) is -0.639. The van der Waals surface area contributed by atoms with Crippen molar-refractivity contribution in [3.63, 3.8) is 0 Å². The van der Waals surface area contributed by atoms with E-state index in [-0.39, 0.29) is 28.4 Å². The first-order valence-electron chi connectivity index (χ1n) is 7.99. The number of halogens is 1. The molecule has 0 bridgehead atoms. The second-order valence-electron chi connectivity index (χ2n) is 6.24. The quantitative estimate of drug-likeness (QED) is 0.413. The minimum absolute atomic E-state index is 0.0892. The maximum absolute atomic E-state index is 13.1. The Bertz CT molecular complexity index is 1290. The molecule has 4 nitrogen and oxygen atoms in total. The largest absolute Gasteiger partial charge is 0.507 e. The Morgan fingerprint density at radius 1 is 0.846 bits per heavy atom. The van der Waals surface area contributed by atoms with Gasteiger partial charge in [-0.1, -0.05) is 35.9 Å². The van der Waals surface area contributed by atoms with Gasteiger partial charge in [0.05, 0.1) is 16.6 Å². The summed E-state index contributed by atoms with van der Waals surface area (Å²) in [5.41, 5.74) is 2.07. The molecule has 0 saturated carbocycles. The number of phenolic OH excluding ortho intramolecular Hbond substituents is 1. The van der Waals surface area contributed by atoms with E-state index in [0.717, 1.165) is 5.39 Å². The number of nitrogens with zero attached hydrogens (tertiary/aromatic N) is 1. The highest BCUT2D eigenvalue weighted by Gasteiger charge is 2.32. The van der Waals surface area contributed by atoms with Crippen LogP contribution in [0.3, 0.4) is 0 Å². The summed E-state index contributed by atoms with van der Waals surface area (Å²) in [6, 6.07) is 15.0. The molecule has 0 amide bonds. The van der Waals surface area contributed by atoms with Gasteiger partial charge in [-0.2, -0.15) is 0 Å². The van der Waals surface area contributed by atoms with E-state index < -0.39 is 0 Å². The normalized spacial score (nSPS) is 13.1. The van der Waals surface area contributed by atoms with Crippen molar-refractivity contribution < 1.29 is 14.7 Å². The second-order valence-corrected chi connectivity index (χ2v) is 6.68. The van der Waals surface area contributed by atoms with Crippen molar-refractivity contribution in [2.45, 2.75) is 0 Å². The van der Waals surface area contributed by atoms with Gasteiger partial charge < -0.3 is 5.11 Å². The molecule has 1 aliphatic rings. The lowest BCUT2D eigenvalue weighted by Crippen LogP contribution is -2.21. The monoisotopic (exact) mass is 359 g/mol. The van der Waals surface area contributed by atoms with E-state index in [1.807, 2.05) is 0 Å². The first kappa shape index (κ1) is 15.0. The number of ketones is 2. The molecule has 0 atom stereocenters. The number of aromatic nitrogens is 1. The Balaban J connectivity index is 1.93. The maximum Gasteiger partial charge on any atom is 0.196 e. The van der Waals surface area contributed by atoms with Crippen molar-refractivity contribution in [2.75, 3.05) is 0 Å². The van der Waals surface area contributed by atoms with Crippen molar-refractivity contribution in [2.24, 2.45) is 0 Å². The Labute approximate surface area is 152 Å². The average Bonchev–Trinajstić information content (AvgIpc) is 2.65. The minimum atomic E-state index is -0.287. The molecule has 5 rings (SSSR count). The number of pyridine rings is 1. The van der Waals surface area contributed by atoms with Crippen molar-refractivity contribution in [1.82, 2.24) is 4.98 Å². The van der Waals surface area contributed by atoms with Gasteiger partial charge in [-0.3, -0.25) is 9.59 Å². The molecule has 124 valence electrons. The molecular weight excluding hydrogens is 350 g/mol. The second kappa shape index (κ2) is 5.13. The molecule has 0 fully saturated rings. The first-order valence-corrected chi connectivity index (χ1v) is 8.37. The van der Waals surface area contributed by atoms with Crippen LogP contribution in [-0.4, -0.2) is 21.7 Å². The summed E-state index contributed by atoms with van der Waals surface area (Å²) in [4.78, 5) is 30.5. The Morgan fingerprint density at radius 2 is 1.58 bits per heavy atom. The van der Waals surface area contributed by atoms with Gasteiger partial charge in [-0.15, -0.1) is 0 Å². The Morgan fingerprint density at radius 3 is 2.35 bits per heavy atom. The van der Waals surface area contributed by atoms with Crippen LogP contribution in [-0.2, 0) is 0 Å². The summed E-state index contributed by atoms with van der Waals surface area (Å²) in [6.07, 6.45) is 0. The summed E-state index contributed by atoms with van der Waals surface area (Å²) < 4.78 is 0. The van der Waals surface area contributed by atoms with Gasteiger partial charge in [-0.05, 0) is 30.3 Å². The molecule has 3 aromatic carbocycles. The van der Waals surface area contributed by atoms with E-state index in [0.29, 0.717) is 32.6 Å². The fraction of sp³-hybridized carbons (Fsp3) is 0. The van der Waals surface area contributed by atoms with Crippen molar-refractivity contribution in [3.05, 3.63) is 81.9 Å². The highest BCUT2D eigenvalue weighted by molar-refractivity contribution is 6.33. The molecule has 1 aliphatic carbocycles. The van der Waals surface area contributed by atoms with E-state index in [1.54, 1.807) is 48.5 Å². The van der Waals surface area contributed by atoms with Crippen LogP contribution >= 0.6 is 11.6 Å². The summed E-state index contributed by atoms with van der Waals surface area (Å²) in [6.45, 7) is 0. The number of hydrogen-bond acceptors (Lipinski definition) is 4. The predicted octanol–water partition coefficient (Wildman–Crippen LogP) is 4.52. The average molecular weight is 360 g/mol. The van der Waals surface area contributed by atoms with Gasteiger partial charge in [0, 0.05) is 32.5 Å². The number of benzene rings is 3. The molecule has 0 aliphatic heterocycles. The highest BCUT2D eigenvalue weighted by atomic mass is 35.5. The number of carbonyl (C=O) groups is 2. The van der Waals surface area contributed by atoms with Crippen molar-refractivity contribution in [3.8, 4) is 5.75 Å². The van der Waals surface area contributed by atoms with Crippen LogP contribution in [0.25, 0.3) is 21.8 Å². The molecule has 0 saturated heterocycles. The van der Waals surface area contributed by atoms with Crippen LogP contribution in [0.2, 0.25) is 5.02 Å². The molecule has 4 aromatic rings. The zero-order valence-corrected chi connectivity index (χ0v) is 14.0. The predicted molar refractivity (Wildman–Crippen MR) is 99.2 cm³/mol. The van der Waals surface area contributed by atoms with Gasteiger partial charge in [-0.25, -0.2) is 4.98 Å². The number of hydrogen-bond donors (Lipinski definition) is 1. The van der Waals surface area contributed by atoms with Crippen LogP contribution in [0.15, 0.2) is 54.6 Å². The number of phenols is 1. The number of carbonyl (C=O) groups excluding carboxylic acids is 2. The van der Waals surface area contributed by atoms with Gasteiger partial charge >= 0.3 is 0 Å². The molecule has 5 heteroatoms. The zero-order chi connectivity index (χ0) is 18.0. The highest BCUT2D eigenvalue weighted by Crippen LogP contribution is 2.37. The van der Waals surface area contributed by atoms with E-state index in [9.17, 15) is 14.7 Å². The smallest absolute Gasteiger partial charge is 0.196 e. The molecule has 1 aromatic heterocycles. The standard InChI is InChI=1S/C21H10ClNO3/c22-11-5-6-16-10(7-11)8-14-17(24)9-15-18(19(14)23-16)21(26)13-4-2-1-3-12(13)20(15)25/h1-9,24H. The number of aromatic hydroxyl groups is 1. The Hall–Kier alpha value is -3.24. The van der Waals surface area contributed by atoms with Crippen LogP contribution in [0.4, 0.5) is 0 Å². The van der Waals surface area contributed by atoms with Crippen LogP contribution < -0.4 is 0 Å². The molecule has 1 heterocycles. The lowest BCUT2D eigenvalue weighted by Gasteiger charge is -2.19. The lowest BCUT2D eigenvalue weighted by atomic mass is 9.82. The lowest BCUT2D eigenvalue weighted by molar-refractivity contribution is 0.0980. The molecule has 26 heavy (non-hydrogen) atoms. The Kier molecular flexibility index (Phi) is 2.97. The van der Waals surface area contributed by atoms with E-state index in [4.69, 9.17) is 11.6 Å². The molecule has 1 N–H and O–H groups in total. The fourth-order valence-corrected chi connectivity index (χ4v) is 3.70. The van der Waals surface area contributed by atoms with Gasteiger partial charge in [0.25, 0.3) is 0 Å². The number of fused-ring (bicyclic) bond motifs is 5. The first-order chi connectivity index (χ1) is 12.5. The molecule has 0 spiro atoms.